The molecule has 13 heavy (non-hydrogen) atoms. The molecular formula is C9H11N3O. The summed E-state index contributed by atoms with van der Waals surface area (Å²) in [6, 6.07) is 1.84. The van der Waals surface area contributed by atoms with Crippen LogP contribution in [0.3, 0.4) is 0 Å². The summed E-state index contributed by atoms with van der Waals surface area (Å²) in [5.74, 6) is 2.21. The molecule has 1 heterocycles. The van der Waals surface area contributed by atoms with Crippen LogP contribution >= 0.6 is 0 Å². The monoisotopic (exact) mass is 177 g/mol. The number of aryl methyl sites for hydroxylation is 1. The number of terminal acetylenes is 1. The average molecular weight is 177 g/mol. The van der Waals surface area contributed by atoms with Crippen molar-refractivity contribution in [3.8, 4) is 12.3 Å². The van der Waals surface area contributed by atoms with Crippen LogP contribution in [0.25, 0.3) is 0 Å². The van der Waals surface area contributed by atoms with E-state index in [9.17, 15) is 4.79 Å². The van der Waals surface area contributed by atoms with E-state index in [2.05, 4.69) is 16.3 Å². The zero-order valence-electron chi connectivity index (χ0n) is 7.45. The predicted octanol–water partition coefficient (Wildman–Crippen LogP) is -0.0591. The molecule has 0 aromatic carbocycles. The quantitative estimate of drug-likeness (QED) is 0.657. The van der Waals surface area contributed by atoms with Crippen LogP contribution in [-0.2, 0) is 11.3 Å². The molecule has 68 valence electrons. The normalized spacial score (nSPS) is 9.23. The molecular weight excluding hydrogens is 166 g/mol. The third-order valence-electron chi connectivity index (χ3n) is 1.61. The fraction of sp³-hybridized carbons (Fsp3) is 0.333. The Morgan fingerprint density at radius 2 is 2.62 bits per heavy atom. The lowest BCUT2D eigenvalue weighted by molar-refractivity contribution is -0.121. The minimum absolute atomic E-state index is 0.121. The van der Waals surface area contributed by atoms with E-state index in [4.69, 9.17) is 6.42 Å². The fourth-order valence-corrected chi connectivity index (χ4v) is 0.906. The maximum atomic E-state index is 11.2. The van der Waals surface area contributed by atoms with Crippen molar-refractivity contribution in [1.29, 1.82) is 0 Å². The number of nitrogens with zero attached hydrogens (tertiary/aromatic N) is 2. The first-order valence-electron chi connectivity index (χ1n) is 3.92. The van der Waals surface area contributed by atoms with Gasteiger partial charge in [0.15, 0.2) is 0 Å². The van der Waals surface area contributed by atoms with Gasteiger partial charge in [-0.3, -0.25) is 9.48 Å². The lowest BCUT2D eigenvalue weighted by Crippen LogP contribution is -2.28. The van der Waals surface area contributed by atoms with Gasteiger partial charge in [0.2, 0.25) is 5.91 Å². The van der Waals surface area contributed by atoms with Gasteiger partial charge in [-0.2, -0.15) is 5.10 Å². The maximum absolute atomic E-state index is 11.2. The third-order valence-corrected chi connectivity index (χ3v) is 1.61. The van der Waals surface area contributed by atoms with E-state index >= 15 is 0 Å². The van der Waals surface area contributed by atoms with Crippen molar-refractivity contribution in [1.82, 2.24) is 15.1 Å². The van der Waals surface area contributed by atoms with Gasteiger partial charge in [-0.25, -0.2) is 0 Å². The van der Waals surface area contributed by atoms with Crippen molar-refractivity contribution in [3.63, 3.8) is 0 Å². The number of hydrogen-bond acceptors (Lipinski definition) is 2. The van der Waals surface area contributed by atoms with Gasteiger partial charge in [-0.15, -0.1) is 6.42 Å². The van der Waals surface area contributed by atoms with Gasteiger partial charge >= 0.3 is 0 Å². The molecule has 0 aliphatic rings. The molecule has 0 aliphatic carbocycles. The highest BCUT2D eigenvalue weighted by Gasteiger charge is 2.02. The third kappa shape index (κ3) is 2.64. The van der Waals surface area contributed by atoms with Crippen LogP contribution in [0.4, 0.5) is 0 Å². The molecule has 0 fully saturated rings. The molecule has 0 saturated carbocycles. The Hall–Kier alpha value is -1.76. The molecule has 1 aromatic heterocycles. The van der Waals surface area contributed by atoms with Crippen LogP contribution in [0.1, 0.15) is 5.69 Å². The molecule has 4 nitrogen and oxygen atoms in total. The molecule has 1 aromatic rings. The molecule has 0 atom stereocenters. The Kier molecular flexibility index (Phi) is 3.09. The summed E-state index contributed by atoms with van der Waals surface area (Å²) in [7, 11) is 0. The average Bonchev–Trinajstić information content (AvgIpc) is 2.48. The van der Waals surface area contributed by atoms with Crippen LogP contribution in [0.15, 0.2) is 12.3 Å². The van der Waals surface area contributed by atoms with E-state index in [1.54, 1.807) is 10.9 Å². The van der Waals surface area contributed by atoms with E-state index in [0.717, 1.165) is 5.69 Å². The first kappa shape index (κ1) is 9.33. The fourth-order valence-electron chi connectivity index (χ4n) is 0.906. The number of carbonyl (C=O) groups excluding carboxylic acids is 1. The van der Waals surface area contributed by atoms with Crippen LogP contribution in [0.2, 0.25) is 0 Å². The smallest absolute Gasteiger partial charge is 0.242 e. The van der Waals surface area contributed by atoms with Crippen molar-refractivity contribution in [3.05, 3.63) is 18.0 Å². The van der Waals surface area contributed by atoms with E-state index in [0.29, 0.717) is 0 Å². The van der Waals surface area contributed by atoms with E-state index in [1.807, 2.05) is 13.0 Å². The Balaban J connectivity index is 2.46. The van der Waals surface area contributed by atoms with E-state index < -0.39 is 0 Å². The highest BCUT2D eigenvalue weighted by atomic mass is 16.2. The number of nitrogens with one attached hydrogen (secondary N) is 1. The number of hydrogen-bond donors (Lipinski definition) is 1. The highest BCUT2D eigenvalue weighted by molar-refractivity contribution is 5.75. The van der Waals surface area contributed by atoms with Crippen LogP contribution < -0.4 is 5.32 Å². The van der Waals surface area contributed by atoms with Gasteiger partial charge in [0.1, 0.15) is 6.54 Å². The van der Waals surface area contributed by atoms with Crippen LogP contribution in [-0.4, -0.2) is 22.2 Å². The number of aromatic nitrogens is 2. The summed E-state index contributed by atoms with van der Waals surface area (Å²) < 4.78 is 1.62. The summed E-state index contributed by atoms with van der Waals surface area (Å²) in [6.45, 7) is 2.38. The Bertz CT molecular complexity index is 335. The zero-order chi connectivity index (χ0) is 9.68. The molecule has 0 saturated heterocycles. The molecule has 0 radical (unpaired) electrons. The molecule has 0 aliphatic heterocycles. The van der Waals surface area contributed by atoms with Gasteiger partial charge < -0.3 is 5.32 Å². The highest BCUT2D eigenvalue weighted by Crippen LogP contribution is 1.94. The number of carbonyl (C=O) groups is 1. The van der Waals surface area contributed by atoms with Gasteiger partial charge in [-0.05, 0) is 13.0 Å². The largest absolute Gasteiger partial charge is 0.344 e. The standard InChI is InChI=1S/C9H11N3O/c1-3-5-10-9(13)7-12-8(2)4-6-11-12/h1,4,6H,5,7H2,2H3,(H,10,13). The Labute approximate surface area is 76.9 Å². The van der Waals surface area contributed by atoms with Crippen molar-refractivity contribution in [2.75, 3.05) is 6.54 Å². The topological polar surface area (TPSA) is 46.9 Å². The van der Waals surface area contributed by atoms with Crippen molar-refractivity contribution >= 4 is 5.91 Å². The Morgan fingerprint density at radius 3 is 3.15 bits per heavy atom. The molecule has 0 spiro atoms. The van der Waals surface area contributed by atoms with Crippen LogP contribution in [0.5, 0.6) is 0 Å². The molecule has 1 rings (SSSR count). The molecule has 4 heteroatoms. The summed E-state index contributed by atoms with van der Waals surface area (Å²) in [6.07, 6.45) is 6.65. The van der Waals surface area contributed by atoms with Gasteiger partial charge in [0.05, 0.1) is 6.54 Å². The minimum Gasteiger partial charge on any atom is -0.344 e. The lowest BCUT2D eigenvalue weighted by atomic mass is 10.4. The lowest BCUT2D eigenvalue weighted by Gasteiger charge is -2.03. The summed E-state index contributed by atoms with van der Waals surface area (Å²) in [5, 5.41) is 6.53. The molecule has 1 N–H and O–H groups in total. The summed E-state index contributed by atoms with van der Waals surface area (Å²) >= 11 is 0. The molecule has 1 amide bonds. The predicted molar refractivity (Wildman–Crippen MR) is 48.8 cm³/mol. The number of amides is 1. The second kappa shape index (κ2) is 4.31. The number of rotatable bonds is 3. The van der Waals surface area contributed by atoms with Crippen molar-refractivity contribution < 1.29 is 4.79 Å². The summed E-state index contributed by atoms with van der Waals surface area (Å²) in [5.41, 5.74) is 0.954. The zero-order valence-corrected chi connectivity index (χ0v) is 7.45. The van der Waals surface area contributed by atoms with Gasteiger partial charge in [0, 0.05) is 11.9 Å². The van der Waals surface area contributed by atoms with E-state index in [-0.39, 0.29) is 19.0 Å². The first-order valence-corrected chi connectivity index (χ1v) is 3.92. The van der Waals surface area contributed by atoms with Crippen molar-refractivity contribution in [2.45, 2.75) is 13.5 Å². The van der Waals surface area contributed by atoms with Gasteiger partial charge in [0.25, 0.3) is 0 Å². The van der Waals surface area contributed by atoms with E-state index in [1.165, 1.54) is 0 Å². The van der Waals surface area contributed by atoms with Gasteiger partial charge in [-0.1, -0.05) is 5.92 Å². The second-order valence-electron chi connectivity index (χ2n) is 2.61. The van der Waals surface area contributed by atoms with Crippen LogP contribution in [0, 0.1) is 19.3 Å². The molecule has 0 bridgehead atoms. The summed E-state index contributed by atoms with van der Waals surface area (Å²) in [4.78, 5) is 11.2. The molecule has 0 unspecified atom stereocenters. The van der Waals surface area contributed by atoms with Crippen molar-refractivity contribution in [2.24, 2.45) is 0 Å². The maximum Gasteiger partial charge on any atom is 0.242 e. The SMILES string of the molecule is C#CCNC(=O)Cn1nccc1C. The minimum atomic E-state index is -0.121. The first-order chi connectivity index (χ1) is 6.24. The Morgan fingerprint density at radius 1 is 1.85 bits per heavy atom. The second-order valence-corrected chi connectivity index (χ2v) is 2.61.